The molecule has 1 nitrogen and oxygen atoms in total. The van der Waals surface area contributed by atoms with E-state index >= 15 is 0 Å². The van der Waals surface area contributed by atoms with Gasteiger partial charge in [-0.25, -0.2) is 0 Å². The van der Waals surface area contributed by atoms with Gasteiger partial charge in [0, 0.05) is 6.04 Å². The van der Waals surface area contributed by atoms with E-state index in [1.807, 2.05) is 0 Å². The second-order valence-electron chi connectivity index (χ2n) is 6.48. The fourth-order valence-corrected chi connectivity index (χ4v) is 3.68. The first-order valence-electron chi connectivity index (χ1n) is 6.78. The molecular weight excluding hydrogens is 182 g/mol. The average molecular weight is 209 g/mol. The Morgan fingerprint density at radius 2 is 1.93 bits per heavy atom. The minimum atomic E-state index is 0.652. The summed E-state index contributed by atoms with van der Waals surface area (Å²) in [6, 6.07) is 0.652. The summed E-state index contributed by atoms with van der Waals surface area (Å²) < 4.78 is 0. The van der Waals surface area contributed by atoms with Crippen LogP contribution in [0.5, 0.6) is 0 Å². The van der Waals surface area contributed by atoms with Crippen molar-refractivity contribution in [2.24, 2.45) is 23.2 Å². The molecule has 0 aliphatic heterocycles. The highest BCUT2D eigenvalue weighted by molar-refractivity contribution is 5.08. The summed E-state index contributed by atoms with van der Waals surface area (Å²) in [6.45, 7) is 10.7. The molecule has 2 aliphatic carbocycles. The number of rotatable bonds is 3. The molecule has 0 heterocycles. The van der Waals surface area contributed by atoms with Gasteiger partial charge in [-0.05, 0) is 49.0 Å². The van der Waals surface area contributed by atoms with Gasteiger partial charge in [-0.15, -0.1) is 0 Å². The van der Waals surface area contributed by atoms with Crippen LogP contribution in [0.3, 0.4) is 0 Å². The van der Waals surface area contributed by atoms with Crippen LogP contribution in [0.1, 0.15) is 53.4 Å². The van der Waals surface area contributed by atoms with E-state index in [0.717, 1.165) is 23.2 Å². The van der Waals surface area contributed by atoms with Gasteiger partial charge in [0.25, 0.3) is 0 Å². The van der Waals surface area contributed by atoms with Crippen molar-refractivity contribution >= 4 is 0 Å². The molecule has 88 valence electrons. The van der Waals surface area contributed by atoms with Gasteiger partial charge in [0.15, 0.2) is 0 Å². The van der Waals surface area contributed by atoms with Crippen molar-refractivity contribution in [3.63, 3.8) is 0 Å². The molecule has 4 atom stereocenters. The van der Waals surface area contributed by atoms with Crippen molar-refractivity contribution in [1.82, 2.24) is 5.32 Å². The monoisotopic (exact) mass is 209 g/mol. The fraction of sp³-hybridized carbons (Fsp3) is 1.00. The van der Waals surface area contributed by atoms with Crippen LogP contribution in [0, 0.1) is 23.2 Å². The van der Waals surface area contributed by atoms with Crippen molar-refractivity contribution in [2.45, 2.75) is 59.4 Å². The summed E-state index contributed by atoms with van der Waals surface area (Å²) >= 11 is 0. The third-order valence-corrected chi connectivity index (χ3v) is 4.85. The van der Waals surface area contributed by atoms with E-state index in [1.54, 1.807) is 0 Å². The van der Waals surface area contributed by atoms with Gasteiger partial charge in [0.1, 0.15) is 0 Å². The molecule has 1 heteroatoms. The lowest BCUT2D eigenvalue weighted by molar-refractivity contribution is 0.162. The Bertz CT molecular complexity index is 221. The molecule has 0 bridgehead atoms. The molecular formula is C14H27N. The zero-order valence-corrected chi connectivity index (χ0v) is 10.8. The van der Waals surface area contributed by atoms with E-state index in [2.05, 4.69) is 33.0 Å². The summed E-state index contributed by atoms with van der Waals surface area (Å²) in [5.41, 5.74) is 0.750. The van der Waals surface area contributed by atoms with Gasteiger partial charge in [-0.2, -0.15) is 0 Å². The summed E-state index contributed by atoms with van der Waals surface area (Å²) in [5, 5.41) is 3.61. The Kier molecular flexibility index (Phi) is 3.12. The van der Waals surface area contributed by atoms with Crippen molar-refractivity contribution in [3.8, 4) is 0 Å². The first-order chi connectivity index (χ1) is 7.04. The van der Waals surface area contributed by atoms with Crippen LogP contribution in [-0.2, 0) is 0 Å². The topological polar surface area (TPSA) is 12.0 Å². The standard InChI is InChI=1S/C14H27N/c1-10(2)15-9-13-8-14(13)7-11(3)5-6-12(14)4/h10-13,15H,5-9H2,1-4H3. The molecule has 4 unspecified atom stereocenters. The summed E-state index contributed by atoms with van der Waals surface area (Å²) in [5.74, 6) is 2.94. The van der Waals surface area contributed by atoms with E-state index < -0.39 is 0 Å². The highest BCUT2D eigenvalue weighted by Gasteiger charge is 2.57. The largest absolute Gasteiger partial charge is 0.314 e. The van der Waals surface area contributed by atoms with Gasteiger partial charge in [0.2, 0.25) is 0 Å². The van der Waals surface area contributed by atoms with E-state index in [1.165, 1.54) is 32.2 Å². The Balaban J connectivity index is 1.87. The maximum Gasteiger partial charge on any atom is 0.00104 e. The minimum Gasteiger partial charge on any atom is -0.314 e. The molecule has 2 fully saturated rings. The van der Waals surface area contributed by atoms with Crippen LogP contribution in [-0.4, -0.2) is 12.6 Å². The van der Waals surface area contributed by atoms with E-state index in [0.29, 0.717) is 6.04 Å². The molecule has 1 spiro atoms. The third-order valence-electron chi connectivity index (χ3n) is 4.85. The van der Waals surface area contributed by atoms with Crippen molar-refractivity contribution < 1.29 is 0 Å². The lowest BCUT2D eigenvalue weighted by atomic mass is 9.71. The van der Waals surface area contributed by atoms with Crippen LogP contribution in [0.15, 0.2) is 0 Å². The van der Waals surface area contributed by atoms with Crippen LogP contribution in [0.4, 0.5) is 0 Å². The molecule has 15 heavy (non-hydrogen) atoms. The number of hydrogen-bond acceptors (Lipinski definition) is 1. The number of nitrogens with one attached hydrogen (secondary N) is 1. The van der Waals surface area contributed by atoms with E-state index in [9.17, 15) is 0 Å². The second-order valence-corrected chi connectivity index (χ2v) is 6.48. The Morgan fingerprint density at radius 3 is 2.60 bits per heavy atom. The van der Waals surface area contributed by atoms with Crippen LogP contribution in [0.2, 0.25) is 0 Å². The Morgan fingerprint density at radius 1 is 1.20 bits per heavy atom. The van der Waals surface area contributed by atoms with Crippen LogP contribution >= 0.6 is 0 Å². The molecule has 0 aromatic rings. The van der Waals surface area contributed by atoms with Gasteiger partial charge in [0.05, 0.1) is 0 Å². The third kappa shape index (κ3) is 2.22. The Labute approximate surface area is 95.0 Å². The second kappa shape index (κ2) is 4.08. The zero-order chi connectivity index (χ0) is 11.1. The maximum atomic E-state index is 3.61. The maximum absolute atomic E-state index is 3.61. The van der Waals surface area contributed by atoms with Gasteiger partial charge in [-0.3, -0.25) is 0 Å². The lowest BCUT2D eigenvalue weighted by Crippen LogP contribution is -2.30. The predicted molar refractivity (Wildman–Crippen MR) is 65.9 cm³/mol. The van der Waals surface area contributed by atoms with Gasteiger partial charge < -0.3 is 5.32 Å². The molecule has 0 saturated heterocycles. The summed E-state index contributed by atoms with van der Waals surface area (Å²) in [7, 11) is 0. The lowest BCUT2D eigenvalue weighted by Gasteiger charge is -2.34. The molecule has 0 aromatic heterocycles. The van der Waals surface area contributed by atoms with Crippen LogP contribution in [0.25, 0.3) is 0 Å². The van der Waals surface area contributed by atoms with Crippen molar-refractivity contribution in [3.05, 3.63) is 0 Å². The predicted octanol–water partition coefficient (Wildman–Crippen LogP) is 3.45. The van der Waals surface area contributed by atoms with Crippen molar-refractivity contribution in [1.29, 1.82) is 0 Å². The summed E-state index contributed by atoms with van der Waals surface area (Å²) in [4.78, 5) is 0. The fourth-order valence-electron chi connectivity index (χ4n) is 3.68. The summed E-state index contributed by atoms with van der Waals surface area (Å²) in [6.07, 6.45) is 5.93. The first kappa shape index (κ1) is 11.4. The minimum absolute atomic E-state index is 0.652. The first-order valence-corrected chi connectivity index (χ1v) is 6.78. The highest BCUT2D eigenvalue weighted by atomic mass is 14.9. The molecule has 2 saturated carbocycles. The molecule has 1 N–H and O–H groups in total. The number of hydrogen-bond donors (Lipinski definition) is 1. The molecule has 2 rings (SSSR count). The smallest absolute Gasteiger partial charge is 0.00104 e. The Hall–Kier alpha value is -0.0400. The molecule has 0 amide bonds. The quantitative estimate of drug-likeness (QED) is 0.750. The van der Waals surface area contributed by atoms with Gasteiger partial charge in [-0.1, -0.05) is 34.1 Å². The van der Waals surface area contributed by atoms with Crippen molar-refractivity contribution in [2.75, 3.05) is 6.54 Å². The van der Waals surface area contributed by atoms with E-state index in [4.69, 9.17) is 0 Å². The molecule has 0 radical (unpaired) electrons. The van der Waals surface area contributed by atoms with Crippen LogP contribution < -0.4 is 5.32 Å². The SMILES string of the molecule is CC1CCC(C)C2(C1)CC2CNC(C)C. The van der Waals surface area contributed by atoms with E-state index in [-0.39, 0.29) is 0 Å². The average Bonchev–Trinajstić information content (AvgIpc) is 2.84. The van der Waals surface area contributed by atoms with Gasteiger partial charge >= 0.3 is 0 Å². The normalized spacial score (nSPS) is 45.0. The molecule has 2 aliphatic rings. The highest BCUT2D eigenvalue weighted by Crippen LogP contribution is 2.64. The molecule has 0 aromatic carbocycles. The zero-order valence-electron chi connectivity index (χ0n) is 10.8.